The maximum absolute atomic E-state index is 12.7. The molecule has 2 unspecified atom stereocenters. The Kier molecular flexibility index (Phi) is 41.8. The van der Waals surface area contributed by atoms with Crippen molar-refractivity contribution in [1.82, 2.24) is 0 Å². The number of carbonyl (C=O) groups is 1. The standard InChI is InChI=1S/C52H88NO7P/c1-6-8-10-12-14-16-18-20-22-24-25-26-27-28-30-32-34-36-38-40-42-44-47-57-49-51(50-59-61(55,56)58-48-46-53(3,4)5)60-52(54)45-43-41-39-37-35-33-31-29-23-21-19-17-15-13-11-9-7-2/h8-11,14-17,20-23,25-26,28,30,34,36,51H,6-7,12-13,18-19,24,27,29,31-33,35,37-50H2,1-5H3/p+1/b10-8-,11-9-,16-14-,17-15-,22-20-,23-21-,26-25-,30-28-,36-34-. The largest absolute Gasteiger partial charge is 0.472 e. The van der Waals surface area contributed by atoms with Crippen LogP contribution >= 0.6 is 7.82 Å². The van der Waals surface area contributed by atoms with Crippen molar-refractivity contribution in [3.63, 3.8) is 0 Å². The van der Waals surface area contributed by atoms with Gasteiger partial charge in [0.25, 0.3) is 0 Å². The van der Waals surface area contributed by atoms with Gasteiger partial charge in [-0.25, -0.2) is 4.57 Å². The van der Waals surface area contributed by atoms with Crippen LogP contribution in [0.4, 0.5) is 0 Å². The summed E-state index contributed by atoms with van der Waals surface area (Å²) in [4.78, 5) is 22.9. The van der Waals surface area contributed by atoms with E-state index in [1.807, 2.05) is 21.1 Å². The van der Waals surface area contributed by atoms with E-state index in [4.69, 9.17) is 18.5 Å². The minimum Gasteiger partial charge on any atom is -0.457 e. The molecule has 0 aliphatic heterocycles. The molecule has 0 saturated heterocycles. The Bertz CT molecular complexity index is 1340. The third kappa shape index (κ3) is 48.1. The van der Waals surface area contributed by atoms with E-state index in [0.29, 0.717) is 24.1 Å². The van der Waals surface area contributed by atoms with Crippen LogP contribution in [-0.2, 0) is 27.9 Å². The monoisotopic (exact) mass is 871 g/mol. The Morgan fingerprint density at radius 3 is 1.34 bits per heavy atom. The molecule has 0 aromatic heterocycles. The summed E-state index contributed by atoms with van der Waals surface area (Å²) in [5, 5.41) is 0. The van der Waals surface area contributed by atoms with Gasteiger partial charge in [-0.3, -0.25) is 13.8 Å². The van der Waals surface area contributed by atoms with Crippen LogP contribution < -0.4 is 0 Å². The van der Waals surface area contributed by atoms with Gasteiger partial charge in [-0.2, -0.15) is 0 Å². The number of unbranched alkanes of at least 4 members (excludes halogenated alkanes) is 10. The zero-order valence-electron chi connectivity index (χ0n) is 39.4. The Labute approximate surface area is 374 Å². The Morgan fingerprint density at radius 2 is 0.902 bits per heavy atom. The van der Waals surface area contributed by atoms with Gasteiger partial charge in [-0.1, -0.05) is 162 Å². The number of hydrogen-bond donors (Lipinski definition) is 1. The van der Waals surface area contributed by atoms with Crippen molar-refractivity contribution in [2.45, 2.75) is 161 Å². The van der Waals surface area contributed by atoms with E-state index in [0.717, 1.165) is 109 Å². The van der Waals surface area contributed by atoms with E-state index in [1.165, 1.54) is 25.7 Å². The van der Waals surface area contributed by atoms with Crippen LogP contribution in [0, 0.1) is 0 Å². The van der Waals surface area contributed by atoms with Crippen molar-refractivity contribution in [2.75, 3.05) is 54.1 Å². The number of rotatable bonds is 42. The zero-order valence-corrected chi connectivity index (χ0v) is 40.2. The minimum absolute atomic E-state index is 0.0727. The highest BCUT2D eigenvalue weighted by Crippen LogP contribution is 2.43. The topological polar surface area (TPSA) is 91.3 Å². The van der Waals surface area contributed by atoms with Gasteiger partial charge in [0, 0.05) is 13.0 Å². The minimum atomic E-state index is -4.30. The molecule has 8 nitrogen and oxygen atoms in total. The lowest BCUT2D eigenvalue weighted by Gasteiger charge is -2.24. The second-order valence-electron chi connectivity index (χ2n) is 16.4. The van der Waals surface area contributed by atoms with E-state index in [2.05, 4.69) is 123 Å². The van der Waals surface area contributed by atoms with Crippen molar-refractivity contribution >= 4 is 13.8 Å². The highest BCUT2D eigenvalue weighted by atomic mass is 31.2. The fourth-order valence-corrected chi connectivity index (χ4v) is 6.49. The molecule has 0 rings (SSSR count). The first-order valence-electron chi connectivity index (χ1n) is 23.6. The number of hydrogen-bond acceptors (Lipinski definition) is 6. The molecule has 0 fully saturated rings. The zero-order chi connectivity index (χ0) is 44.8. The van der Waals surface area contributed by atoms with E-state index in [1.54, 1.807) is 0 Å². The summed E-state index contributed by atoms with van der Waals surface area (Å²) >= 11 is 0. The number of nitrogens with zero attached hydrogens (tertiary/aromatic N) is 1. The Morgan fingerprint density at radius 1 is 0.508 bits per heavy atom. The van der Waals surface area contributed by atoms with Crippen molar-refractivity contribution in [2.24, 2.45) is 0 Å². The lowest BCUT2D eigenvalue weighted by atomic mass is 10.1. The van der Waals surface area contributed by atoms with Gasteiger partial charge in [0.2, 0.25) is 0 Å². The van der Waals surface area contributed by atoms with Crippen LogP contribution in [-0.4, -0.2) is 75.6 Å². The number of carbonyl (C=O) groups excluding carboxylic acids is 1. The molecule has 9 heteroatoms. The van der Waals surface area contributed by atoms with Crippen LogP contribution in [0.25, 0.3) is 0 Å². The van der Waals surface area contributed by atoms with Crippen molar-refractivity contribution < 1.29 is 37.3 Å². The third-order valence-electron chi connectivity index (χ3n) is 9.33. The summed E-state index contributed by atoms with van der Waals surface area (Å²) in [6.07, 6.45) is 61.3. The molecule has 0 amide bonds. The summed E-state index contributed by atoms with van der Waals surface area (Å²) in [7, 11) is 1.62. The quantitative estimate of drug-likeness (QED) is 0.0215. The van der Waals surface area contributed by atoms with E-state index < -0.39 is 13.9 Å². The van der Waals surface area contributed by atoms with Gasteiger partial charge in [0.05, 0.1) is 34.4 Å². The Hall–Kier alpha value is -2.84. The number of phosphoric acid groups is 1. The molecule has 0 heterocycles. The van der Waals surface area contributed by atoms with E-state index in [9.17, 15) is 14.3 Å². The average Bonchev–Trinajstić information content (AvgIpc) is 3.22. The molecule has 0 aromatic carbocycles. The molecule has 0 radical (unpaired) electrons. The van der Waals surface area contributed by atoms with Crippen molar-refractivity contribution in [3.8, 4) is 0 Å². The predicted octanol–water partition coefficient (Wildman–Crippen LogP) is 14.4. The van der Waals surface area contributed by atoms with Gasteiger partial charge >= 0.3 is 13.8 Å². The number of allylic oxidation sites excluding steroid dienone is 18. The molecule has 0 aromatic rings. The molecular formula is C52H89NO7P+. The van der Waals surface area contributed by atoms with Gasteiger partial charge in [0.1, 0.15) is 19.3 Å². The first kappa shape index (κ1) is 58.2. The second kappa shape index (κ2) is 43.8. The molecule has 0 aliphatic rings. The number of esters is 1. The number of phosphoric ester groups is 1. The first-order chi connectivity index (χ1) is 29.6. The summed E-state index contributed by atoms with van der Waals surface area (Å²) < 4.78 is 35.0. The van der Waals surface area contributed by atoms with Crippen LogP contribution in [0.2, 0.25) is 0 Å². The lowest BCUT2D eigenvalue weighted by Crippen LogP contribution is -2.37. The highest BCUT2D eigenvalue weighted by molar-refractivity contribution is 7.47. The Balaban J connectivity index is 4.31. The molecule has 1 N–H and O–H groups in total. The number of likely N-dealkylation sites (N-methyl/N-ethyl adjacent to an activating group) is 1. The third-order valence-corrected chi connectivity index (χ3v) is 10.3. The van der Waals surface area contributed by atoms with Crippen LogP contribution in [0.3, 0.4) is 0 Å². The van der Waals surface area contributed by atoms with Gasteiger partial charge in [-0.05, 0) is 96.3 Å². The highest BCUT2D eigenvalue weighted by Gasteiger charge is 2.26. The first-order valence-corrected chi connectivity index (χ1v) is 25.1. The summed E-state index contributed by atoms with van der Waals surface area (Å²) in [5.74, 6) is -0.341. The normalized spacial score (nSPS) is 14.7. The molecule has 61 heavy (non-hydrogen) atoms. The van der Waals surface area contributed by atoms with Gasteiger partial charge < -0.3 is 18.9 Å². The maximum Gasteiger partial charge on any atom is 0.472 e. The summed E-state index contributed by atoms with van der Waals surface area (Å²) in [6.45, 7) is 5.27. The van der Waals surface area contributed by atoms with Crippen molar-refractivity contribution in [1.29, 1.82) is 0 Å². The number of quaternary nitrogens is 1. The fraction of sp³-hybridized carbons (Fsp3) is 0.635. The van der Waals surface area contributed by atoms with Crippen LogP contribution in [0.1, 0.15) is 155 Å². The molecule has 348 valence electrons. The molecule has 0 saturated carbocycles. The van der Waals surface area contributed by atoms with E-state index in [-0.39, 0.29) is 25.8 Å². The predicted molar refractivity (Wildman–Crippen MR) is 261 cm³/mol. The second-order valence-corrected chi connectivity index (χ2v) is 17.8. The SMILES string of the molecule is CC/C=C\C/C=C\C/C=C\C/C=C\C/C=C\C/C=C\CCCCCOCC(COP(=O)(O)OCC[N+](C)(C)C)OC(=O)CCCCCCCCC/C=C\C/C=C\C/C=C\CC. The fourth-order valence-electron chi connectivity index (χ4n) is 5.75. The van der Waals surface area contributed by atoms with Crippen LogP contribution in [0.15, 0.2) is 109 Å². The van der Waals surface area contributed by atoms with Crippen LogP contribution in [0.5, 0.6) is 0 Å². The molecule has 0 spiro atoms. The number of ether oxygens (including phenoxy) is 2. The average molecular weight is 871 g/mol. The molecule has 2 atom stereocenters. The summed E-state index contributed by atoms with van der Waals surface area (Å²) in [5.41, 5.74) is 0. The van der Waals surface area contributed by atoms with Gasteiger partial charge in [-0.15, -0.1) is 0 Å². The smallest absolute Gasteiger partial charge is 0.457 e. The van der Waals surface area contributed by atoms with Crippen molar-refractivity contribution in [3.05, 3.63) is 109 Å². The van der Waals surface area contributed by atoms with E-state index >= 15 is 0 Å². The maximum atomic E-state index is 12.7. The van der Waals surface area contributed by atoms with Gasteiger partial charge in [0.15, 0.2) is 0 Å². The lowest BCUT2D eigenvalue weighted by molar-refractivity contribution is -0.870. The molecule has 0 aliphatic carbocycles. The summed E-state index contributed by atoms with van der Waals surface area (Å²) in [6, 6.07) is 0. The molecule has 0 bridgehead atoms. The molecular weight excluding hydrogens is 782 g/mol.